The fourth-order valence-corrected chi connectivity index (χ4v) is 2.02. The Hall–Kier alpha value is -2.18. The van der Waals surface area contributed by atoms with E-state index < -0.39 is 11.9 Å². The first-order valence-corrected chi connectivity index (χ1v) is 6.91. The molecule has 1 unspecified atom stereocenters. The number of amides is 1. The summed E-state index contributed by atoms with van der Waals surface area (Å²) in [5.74, 6) is -1.24. The summed E-state index contributed by atoms with van der Waals surface area (Å²) in [5, 5.41) is 11.5. The molecular weight excluding hydrogens is 274 g/mol. The molecule has 21 heavy (non-hydrogen) atoms. The number of carbonyl (C=O) groups is 2. The Morgan fingerprint density at radius 3 is 2.57 bits per heavy atom. The molecule has 0 fully saturated rings. The number of aryl methyl sites for hydroxylation is 2. The maximum Gasteiger partial charge on any atom is 0.308 e. The first kappa shape index (κ1) is 16.9. The molecule has 7 heteroatoms. The molecule has 3 N–H and O–H groups in total. The average molecular weight is 295 g/mol. The number of rotatable bonds is 7. The van der Waals surface area contributed by atoms with E-state index >= 15 is 0 Å². The second kappa shape index (κ2) is 7.56. The molecule has 0 spiro atoms. The van der Waals surface area contributed by atoms with Crippen LogP contribution in [0.3, 0.4) is 0 Å². The SMILES string of the molecule is CCC(CNC(=O)CCc1c(C)nc(C)[nH]c1=O)C(=O)O. The minimum Gasteiger partial charge on any atom is -0.481 e. The van der Waals surface area contributed by atoms with Crippen molar-refractivity contribution < 1.29 is 14.7 Å². The quantitative estimate of drug-likeness (QED) is 0.680. The molecule has 1 heterocycles. The number of carbonyl (C=O) groups excluding carboxylic acids is 1. The van der Waals surface area contributed by atoms with Gasteiger partial charge in [-0.15, -0.1) is 0 Å². The number of carboxylic acids is 1. The number of nitrogens with one attached hydrogen (secondary N) is 2. The second-order valence-corrected chi connectivity index (χ2v) is 4.96. The van der Waals surface area contributed by atoms with E-state index in [1.54, 1.807) is 20.8 Å². The van der Waals surface area contributed by atoms with Crippen molar-refractivity contribution in [1.29, 1.82) is 0 Å². The standard InChI is InChI=1S/C14H21N3O4/c1-4-10(14(20)21)7-15-12(18)6-5-11-8(2)16-9(3)17-13(11)19/h10H,4-7H2,1-3H3,(H,15,18)(H,20,21)(H,16,17,19). The van der Waals surface area contributed by atoms with Gasteiger partial charge in [0.1, 0.15) is 5.82 Å². The fraction of sp³-hybridized carbons (Fsp3) is 0.571. The number of aromatic amines is 1. The van der Waals surface area contributed by atoms with Crippen molar-refractivity contribution in [1.82, 2.24) is 15.3 Å². The molecule has 1 amide bonds. The van der Waals surface area contributed by atoms with E-state index in [1.165, 1.54) is 0 Å². The number of aromatic nitrogens is 2. The molecule has 0 saturated heterocycles. The smallest absolute Gasteiger partial charge is 0.308 e. The van der Waals surface area contributed by atoms with E-state index in [2.05, 4.69) is 15.3 Å². The van der Waals surface area contributed by atoms with Gasteiger partial charge >= 0.3 is 5.97 Å². The highest BCUT2D eigenvalue weighted by molar-refractivity contribution is 5.77. The number of hydrogen-bond donors (Lipinski definition) is 3. The van der Waals surface area contributed by atoms with Crippen LogP contribution < -0.4 is 10.9 Å². The highest BCUT2D eigenvalue weighted by Crippen LogP contribution is 2.04. The highest BCUT2D eigenvalue weighted by Gasteiger charge is 2.16. The van der Waals surface area contributed by atoms with Crippen molar-refractivity contribution >= 4 is 11.9 Å². The minimum atomic E-state index is -0.923. The van der Waals surface area contributed by atoms with Crippen molar-refractivity contribution in [3.8, 4) is 0 Å². The van der Waals surface area contributed by atoms with Crippen molar-refractivity contribution in [2.24, 2.45) is 5.92 Å². The minimum absolute atomic E-state index is 0.103. The van der Waals surface area contributed by atoms with Gasteiger partial charge < -0.3 is 15.4 Å². The molecule has 1 rings (SSSR count). The van der Waals surface area contributed by atoms with Crippen LogP contribution in [0.2, 0.25) is 0 Å². The molecule has 0 radical (unpaired) electrons. The summed E-state index contributed by atoms with van der Waals surface area (Å²) in [6, 6.07) is 0. The molecule has 7 nitrogen and oxygen atoms in total. The zero-order valence-electron chi connectivity index (χ0n) is 12.5. The Labute approximate surface area is 122 Å². The van der Waals surface area contributed by atoms with Gasteiger partial charge in [0.2, 0.25) is 5.91 Å². The number of H-pyrrole nitrogens is 1. The zero-order valence-corrected chi connectivity index (χ0v) is 12.5. The van der Waals surface area contributed by atoms with Crippen molar-refractivity contribution in [3.05, 3.63) is 27.4 Å². The van der Waals surface area contributed by atoms with E-state index in [-0.39, 0.29) is 30.9 Å². The summed E-state index contributed by atoms with van der Waals surface area (Å²) >= 11 is 0. The molecule has 0 aliphatic carbocycles. The van der Waals surface area contributed by atoms with Gasteiger partial charge in [0.25, 0.3) is 5.56 Å². The maximum atomic E-state index is 11.8. The Bertz CT molecular complexity index is 580. The molecule has 1 atom stereocenters. The third kappa shape index (κ3) is 5.02. The summed E-state index contributed by atoms with van der Waals surface area (Å²) in [4.78, 5) is 41.1. The summed E-state index contributed by atoms with van der Waals surface area (Å²) in [6.45, 7) is 5.28. The fourth-order valence-electron chi connectivity index (χ4n) is 2.02. The van der Waals surface area contributed by atoms with Crippen LogP contribution in [-0.4, -0.2) is 33.5 Å². The predicted octanol–water partition coefficient (Wildman–Crippen LogP) is 0.546. The molecule has 0 aromatic carbocycles. The molecule has 0 bridgehead atoms. The lowest BCUT2D eigenvalue weighted by Gasteiger charge is -2.11. The normalized spacial score (nSPS) is 12.0. The molecule has 116 valence electrons. The summed E-state index contributed by atoms with van der Waals surface area (Å²) in [5.41, 5.74) is 0.867. The Morgan fingerprint density at radius 2 is 2.05 bits per heavy atom. The summed E-state index contributed by atoms with van der Waals surface area (Å²) < 4.78 is 0. The van der Waals surface area contributed by atoms with Gasteiger partial charge in [-0.3, -0.25) is 14.4 Å². The average Bonchev–Trinajstić information content (AvgIpc) is 2.37. The van der Waals surface area contributed by atoms with Crippen molar-refractivity contribution in [2.75, 3.05) is 6.54 Å². The molecule has 1 aromatic rings. The van der Waals surface area contributed by atoms with Crippen LogP contribution in [0.25, 0.3) is 0 Å². The van der Waals surface area contributed by atoms with Crippen LogP contribution in [0, 0.1) is 19.8 Å². The van der Waals surface area contributed by atoms with Crippen LogP contribution in [0.4, 0.5) is 0 Å². The third-order valence-electron chi connectivity index (χ3n) is 3.33. The Kier molecular flexibility index (Phi) is 6.08. The van der Waals surface area contributed by atoms with Crippen LogP contribution >= 0.6 is 0 Å². The van der Waals surface area contributed by atoms with Crippen LogP contribution in [0.15, 0.2) is 4.79 Å². The number of hydrogen-bond acceptors (Lipinski definition) is 4. The predicted molar refractivity (Wildman–Crippen MR) is 77.1 cm³/mol. The number of nitrogens with zero attached hydrogens (tertiary/aromatic N) is 1. The van der Waals surface area contributed by atoms with Crippen LogP contribution in [0.1, 0.15) is 36.8 Å². The van der Waals surface area contributed by atoms with Gasteiger partial charge in [-0.05, 0) is 26.7 Å². The van der Waals surface area contributed by atoms with Crippen molar-refractivity contribution in [2.45, 2.75) is 40.0 Å². The van der Waals surface area contributed by atoms with Gasteiger partial charge in [0.15, 0.2) is 0 Å². The topological polar surface area (TPSA) is 112 Å². The first-order chi connectivity index (χ1) is 9.85. The highest BCUT2D eigenvalue weighted by atomic mass is 16.4. The lowest BCUT2D eigenvalue weighted by atomic mass is 10.1. The maximum absolute atomic E-state index is 11.8. The molecule has 1 aromatic heterocycles. The lowest BCUT2D eigenvalue weighted by Crippen LogP contribution is -2.33. The Morgan fingerprint density at radius 1 is 1.38 bits per heavy atom. The van der Waals surface area contributed by atoms with Crippen molar-refractivity contribution in [3.63, 3.8) is 0 Å². The largest absolute Gasteiger partial charge is 0.481 e. The molecular formula is C14H21N3O4. The van der Waals surface area contributed by atoms with E-state index in [0.717, 1.165) is 0 Å². The van der Waals surface area contributed by atoms with Gasteiger partial charge in [-0.25, -0.2) is 4.98 Å². The van der Waals surface area contributed by atoms with Gasteiger partial charge in [-0.2, -0.15) is 0 Å². The first-order valence-electron chi connectivity index (χ1n) is 6.91. The second-order valence-electron chi connectivity index (χ2n) is 4.96. The van der Waals surface area contributed by atoms with Crippen LogP contribution in [0.5, 0.6) is 0 Å². The summed E-state index contributed by atoms with van der Waals surface area (Å²) in [6.07, 6.45) is 0.866. The van der Waals surface area contributed by atoms with E-state index in [9.17, 15) is 14.4 Å². The molecule has 0 aliphatic heterocycles. The van der Waals surface area contributed by atoms with Gasteiger partial charge in [0, 0.05) is 24.2 Å². The molecule has 0 aliphatic rings. The number of carboxylic acid groups (broad SMARTS) is 1. The van der Waals surface area contributed by atoms with Gasteiger partial charge in [-0.1, -0.05) is 6.92 Å². The Balaban J connectivity index is 2.54. The lowest BCUT2D eigenvalue weighted by molar-refractivity contribution is -0.141. The van der Waals surface area contributed by atoms with E-state index in [1.807, 2.05) is 0 Å². The van der Waals surface area contributed by atoms with Crippen LogP contribution in [-0.2, 0) is 16.0 Å². The molecule has 0 saturated carbocycles. The van der Waals surface area contributed by atoms with E-state index in [4.69, 9.17) is 5.11 Å². The van der Waals surface area contributed by atoms with E-state index in [0.29, 0.717) is 23.5 Å². The monoisotopic (exact) mass is 295 g/mol. The number of aliphatic carboxylic acids is 1. The van der Waals surface area contributed by atoms with Gasteiger partial charge in [0.05, 0.1) is 5.92 Å². The zero-order chi connectivity index (χ0) is 16.0. The third-order valence-corrected chi connectivity index (χ3v) is 3.33. The summed E-state index contributed by atoms with van der Waals surface area (Å²) in [7, 11) is 0.